The van der Waals surface area contributed by atoms with E-state index in [1.807, 2.05) is 55.4 Å². The van der Waals surface area contributed by atoms with E-state index in [9.17, 15) is 17.6 Å². The molecule has 8 heteroatoms. The Bertz CT molecular complexity index is 1960. The number of carbonyl (C=O) groups is 1. The predicted octanol–water partition coefficient (Wildman–Crippen LogP) is 7.37. The maximum absolute atomic E-state index is 14.1. The molecule has 0 aromatic heterocycles. The number of halogens is 1. The van der Waals surface area contributed by atoms with Crippen molar-refractivity contribution in [3.63, 3.8) is 0 Å². The molecule has 1 aliphatic rings. The minimum atomic E-state index is -4.30. The van der Waals surface area contributed by atoms with Crippen LogP contribution in [0.5, 0.6) is 5.75 Å². The number of hydrogen-bond acceptors (Lipinski definition) is 5. The van der Waals surface area contributed by atoms with Gasteiger partial charge in [-0.15, -0.1) is 4.40 Å². The Kier molecular flexibility index (Phi) is 7.54. The number of carbonyl (C=O) groups excluding carboxylic acids is 1. The van der Waals surface area contributed by atoms with Crippen LogP contribution in [-0.4, -0.2) is 34.2 Å². The minimum Gasteiger partial charge on any atom is -0.441 e. The summed E-state index contributed by atoms with van der Waals surface area (Å²) in [5.74, 6) is -1.49. The van der Waals surface area contributed by atoms with Crippen LogP contribution in [0, 0.1) is 5.82 Å². The third kappa shape index (κ3) is 5.53. The van der Waals surface area contributed by atoms with Crippen molar-refractivity contribution >= 4 is 38.2 Å². The van der Waals surface area contributed by atoms with Crippen molar-refractivity contribution in [1.29, 1.82) is 0 Å². The second kappa shape index (κ2) is 11.5. The molecule has 0 radical (unpaired) electrons. The van der Waals surface area contributed by atoms with Gasteiger partial charge in [0.05, 0.1) is 10.8 Å². The average molecular weight is 593 g/mol. The van der Waals surface area contributed by atoms with Crippen LogP contribution < -0.4 is 9.64 Å². The van der Waals surface area contributed by atoms with Gasteiger partial charge in [0.1, 0.15) is 11.6 Å². The predicted molar refractivity (Wildman–Crippen MR) is 167 cm³/mol. The highest BCUT2D eigenvalue weighted by atomic mass is 32.2. The molecule has 43 heavy (non-hydrogen) atoms. The number of ether oxygens (including phenoxy) is 1. The van der Waals surface area contributed by atoms with E-state index >= 15 is 0 Å². The number of anilines is 1. The first-order valence-corrected chi connectivity index (χ1v) is 15.3. The largest absolute Gasteiger partial charge is 0.441 e. The van der Waals surface area contributed by atoms with Crippen LogP contribution in [0.15, 0.2) is 125 Å². The van der Waals surface area contributed by atoms with Crippen LogP contribution in [0.4, 0.5) is 10.1 Å². The minimum absolute atomic E-state index is 0.0402. The van der Waals surface area contributed by atoms with Crippen molar-refractivity contribution in [2.45, 2.75) is 23.2 Å². The van der Waals surface area contributed by atoms with Gasteiger partial charge >= 0.3 is 0 Å². The number of ketones is 1. The molecule has 5 aromatic carbocycles. The number of rotatable bonds is 7. The van der Waals surface area contributed by atoms with Gasteiger partial charge in [-0.25, -0.2) is 4.39 Å². The van der Waals surface area contributed by atoms with Crippen LogP contribution in [0.25, 0.3) is 10.8 Å². The standard InChI is InChI=1S/C35H29FN2O4S/c1-38(2)30-15-8-14-28-26(30)13-9-17-33(28)43(40,41)37-35-34(24-18-20-25(36)21-19-24)29(27-12-6-7-16-32(27)42-35)22-31(39)23-10-4-3-5-11-23/h3-21,29,34H,22H2,1-2H3/b37-35-/t29-,34+/m1/s1. The molecule has 2 atom stereocenters. The zero-order chi connectivity index (χ0) is 30.1. The molecular formula is C35H29FN2O4S. The van der Waals surface area contributed by atoms with Gasteiger partial charge < -0.3 is 9.64 Å². The fourth-order valence-corrected chi connectivity index (χ4v) is 6.94. The van der Waals surface area contributed by atoms with Crippen LogP contribution >= 0.6 is 0 Å². The van der Waals surface area contributed by atoms with Gasteiger partial charge in [0.2, 0.25) is 5.90 Å². The van der Waals surface area contributed by atoms with Crippen molar-refractivity contribution in [2.75, 3.05) is 19.0 Å². The second-order valence-corrected chi connectivity index (χ2v) is 12.3. The number of hydrogen-bond donors (Lipinski definition) is 0. The fraction of sp³-hybridized carbons (Fsp3) is 0.143. The molecule has 0 fully saturated rings. The zero-order valence-corrected chi connectivity index (χ0v) is 24.5. The summed E-state index contributed by atoms with van der Waals surface area (Å²) in [6.45, 7) is 0. The second-order valence-electron chi connectivity index (χ2n) is 10.7. The van der Waals surface area contributed by atoms with Gasteiger partial charge in [-0.3, -0.25) is 4.79 Å². The quantitative estimate of drug-likeness (QED) is 0.185. The molecule has 216 valence electrons. The third-order valence-electron chi connectivity index (χ3n) is 7.76. The lowest BCUT2D eigenvalue weighted by Crippen LogP contribution is -2.32. The summed E-state index contributed by atoms with van der Waals surface area (Å²) in [6, 6.07) is 32.6. The summed E-state index contributed by atoms with van der Waals surface area (Å²) in [5.41, 5.74) is 2.75. The first-order chi connectivity index (χ1) is 20.7. The molecule has 1 aliphatic heterocycles. The summed E-state index contributed by atoms with van der Waals surface area (Å²) in [5, 5.41) is 1.30. The zero-order valence-electron chi connectivity index (χ0n) is 23.6. The van der Waals surface area contributed by atoms with Crippen molar-refractivity contribution in [2.24, 2.45) is 4.40 Å². The topological polar surface area (TPSA) is 76.0 Å². The number of Topliss-reactive ketones (excluding diaryl/α,β-unsaturated/α-hetero) is 1. The Hall–Kier alpha value is -4.82. The van der Waals surface area contributed by atoms with E-state index in [0.717, 1.165) is 16.6 Å². The molecule has 0 amide bonds. The van der Waals surface area contributed by atoms with Gasteiger partial charge in [0.25, 0.3) is 10.0 Å². The van der Waals surface area contributed by atoms with E-state index in [1.165, 1.54) is 18.2 Å². The number of sulfonamides is 1. The smallest absolute Gasteiger partial charge is 0.285 e. The molecule has 6 rings (SSSR count). The number of fused-ring (bicyclic) bond motifs is 2. The molecule has 0 unspecified atom stereocenters. The summed E-state index contributed by atoms with van der Waals surface area (Å²) >= 11 is 0. The number of para-hydroxylation sites is 1. The lowest BCUT2D eigenvalue weighted by molar-refractivity contribution is 0.0970. The molecule has 0 saturated heterocycles. The van der Waals surface area contributed by atoms with E-state index < -0.39 is 27.7 Å². The Morgan fingerprint density at radius 2 is 1.49 bits per heavy atom. The van der Waals surface area contributed by atoms with Crippen molar-refractivity contribution < 1.29 is 22.3 Å². The van der Waals surface area contributed by atoms with Crippen molar-refractivity contribution in [3.05, 3.63) is 138 Å². The normalized spacial score (nSPS) is 17.3. The van der Waals surface area contributed by atoms with Gasteiger partial charge in [0, 0.05) is 48.5 Å². The molecule has 5 aromatic rings. The van der Waals surface area contributed by atoms with Crippen LogP contribution in [0.3, 0.4) is 0 Å². The monoisotopic (exact) mass is 592 g/mol. The maximum atomic E-state index is 14.1. The van der Waals surface area contributed by atoms with Crippen LogP contribution in [-0.2, 0) is 10.0 Å². The number of benzene rings is 5. The highest BCUT2D eigenvalue weighted by Gasteiger charge is 2.40. The number of nitrogens with zero attached hydrogens (tertiary/aromatic N) is 2. The molecule has 6 nitrogen and oxygen atoms in total. The summed E-state index contributed by atoms with van der Waals surface area (Å²) < 4.78 is 52.8. The molecule has 0 bridgehead atoms. The Balaban J connectivity index is 1.53. The Labute approximate surface area is 250 Å². The molecule has 0 aliphatic carbocycles. The third-order valence-corrected chi connectivity index (χ3v) is 9.09. The summed E-state index contributed by atoms with van der Waals surface area (Å²) in [7, 11) is -0.506. The molecule has 0 N–H and O–H groups in total. The van der Waals surface area contributed by atoms with E-state index in [4.69, 9.17) is 4.74 Å². The van der Waals surface area contributed by atoms with Crippen molar-refractivity contribution in [3.8, 4) is 5.75 Å². The van der Waals surface area contributed by atoms with E-state index in [2.05, 4.69) is 4.40 Å². The fourth-order valence-electron chi connectivity index (χ4n) is 5.74. The van der Waals surface area contributed by atoms with E-state index in [1.54, 1.807) is 60.7 Å². The van der Waals surface area contributed by atoms with E-state index in [0.29, 0.717) is 22.3 Å². The maximum Gasteiger partial charge on any atom is 0.285 e. The molecule has 0 spiro atoms. The molecule has 1 heterocycles. The van der Waals surface area contributed by atoms with Crippen LogP contribution in [0.1, 0.15) is 39.7 Å². The van der Waals surface area contributed by atoms with Crippen LogP contribution in [0.2, 0.25) is 0 Å². The van der Waals surface area contributed by atoms with E-state index in [-0.39, 0.29) is 23.0 Å². The highest BCUT2D eigenvalue weighted by molar-refractivity contribution is 7.90. The Morgan fingerprint density at radius 1 is 0.814 bits per heavy atom. The van der Waals surface area contributed by atoms with Gasteiger partial charge in [-0.1, -0.05) is 84.9 Å². The van der Waals surface area contributed by atoms with Crippen molar-refractivity contribution in [1.82, 2.24) is 0 Å². The lowest BCUT2D eigenvalue weighted by atomic mass is 9.76. The first kappa shape index (κ1) is 28.3. The SMILES string of the molecule is CN(C)c1cccc2c(S(=O)(=O)/N=C3\Oc4ccccc4[C@@H](CC(=O)c4ccccc4)[C@@H]3c3ccc(F)cc3)cccc12. The molecular weight excluding hydrogens is 563 g/mol. The summed E-state index contributed by atoms with van der Waals surface area (Å²) in [6.07, 6.45) is 0.0615. The Morgan fingerprint density at radius 3 is 2.23 bits per heavy atom. The lowest BCUT2D eigenvalue weighted by Gasteiger charge is -2.34. The molecule has 0 saturated carbocycles. The van der Waals surface area contributed by atoms with Gasteiger partial charge in [-0.2, -0.15) is 8.42 Å². The summed E-state index contributed by atoms with van der Waals surface area (Å²) in [4.78, 5) is 15.5. The average Bonchev–Trinajstić information content (AvgIpc) is 3.01. The first-order valence-electron chi connectivity index (χ1n) is 13.9. The highest BCUT2D eigenvalue weighted by Crippen LogP contribution is 2.46. The van der Waals surface area contributed by atoms with Gasteiger partial charge in [0.15, 0.2) is 5.78 Å². The van der Waals surface area contributed by atoms with Gasteiger partial charge in [-0.05, 0) is 41.5 Å².